The Labute approximate surface area is 163 Å². The summed E-state index contributed by atoms with van der Waals surface area (Å²) in [7, 11) is -1.74. The Morgan fingerprint density at radius 3 is 2.26 bits per heavy atom. The first-order chi connectivity index (χ1) is 13.0. The standard InChI is InChI=1S/C26H26Si/c1-17-15-23-18(2)21-11-7-6-10-20(21)16-24(23)26(17)27(3,4)25-14-13-19-9-5-8-12-22(19)25/h5-16,18,25H,1-4H3. The van der Waals surface area contributed by atoms with Gasteiger partial charge in [-0.05, 0) is 51.6 Å². The van der Waals surface area contributed by atoms with E-state index in [0.29, 0.717) is 11.5 Å². The maximum Gasteiger partial charge on any atom is 0.0931 e. The SMILES string of the molecule is CC1=C([Si](C)(C)C2C=Cc3ccccc32)C2=Cc3ccccc3C(C)C2=C1. The van der Waals surface area contributed by atoms with E-state index in [2.05, 4.69) is 99.8 Å². The third-order valence-electron chi connectivity index (χ3n) is 6.80. The molecule has 0 radical (unpaired) electrons. The van der Waals surface area contributed by atoms with Crippen molar-refractivity contribution >= 4 is 20.2 Å². The van der Waals surface area contributed by atoms with Crippen LogP contribution in [-0.4, -0.2) is 8.07 Å². The van der Waals surface area contributed by atoms with Crippen LogP contribution in [0.3, 0.4) is 0 Å². The van der Waals surface area contributed by atoms with Crippen molar-refractivity contribution in [3.05, 3.63) is 105 Å². The summed E-state index contributed by atoms with van der Waals surface area (Å²) in [6.45, 7) is 9.82. The van der Waals surface area contributed by atoms with Crippen LogP contribution in [0.15, 0.2) is 82.6 Å². The van der Waals surface area contributed by atoms with Gasteiger partial charge in [0.05, 0.1) is 8.07 Å². The molecule has 2 unspecified atom stereocenters. The highest BCUT2D eigenvalue weighted by Crippen LogP contribution is 2.51. The summed E-state index contributed by atoms with van der Waals surface area (Å²) in [6, 6.07) is 17.9. The minimum absolute atomic E-state index is 0.477. The molecule has 2 aromatic carbocycles. The number of hydrogen-bond donors (Lipinski definition) is 0. The molecule has 5 rings (SSSR count). The maximum absolute atomic E-state index is 2.56. The maximum atomic E-state index is 2.56. The summed E-state index contributed by atoms with van der Waals surface area (Å²) >= 11 is 0. The Morgan fingerprint density at radius 2 is 1.48 bits per heavy atom. The van der Waals surface area contributed by atoms with Gasteiger partial charge in [0.2, 0.25) is 0 Å². The van der Waals surface area contributed by atoms with E-state index in [-0.39, 0.29) is 0 Å². The second kappa shape index (κ2) is 5.81. The molecule has 27 heavy (non-hydrogen) atoms. The van der Waals surface area contributed by atoms with E-state index in [1.54, 1.807) is 5.20 Å². The zero-order valence-corrected chi connectivity index (χ0v) is 17.6. The molecule has 0 nitrogen and oxygen atoms in total. The molecule has 0 amide bonds. The zero-order chi connectivity index (χ0) is 18.8. The van der Waals surface area contributed by atoms with Crippen LogP contribution in [-0.2, 0) is 0 Å². The summed E-state index contributed by atoms with van der Waals surface area (Å²) in [5.74, 6) is 0.477. The number of allylic oxidation sites excluding steroid dienone is 6. The lowest BCUT2D eigenvalue weighted by Crippen LogP contribution is -2.37. The van der Waals surface area contributed by atoms with Gasteiger partial charge in [-0.1, -0.05) is 92.3 Å². The normalized spacial score (nSPS) is 23.0. The molecule has 0 fully saturated rings. The second-order valence-corrected chi connectivity index (χ2v) is 13.3. The zero-order valence-electron chi connectivity index (χ0n) is 16.6. The summed E-state index contributed by atoms with van der Waals surface area (Å²) in [6.07, 6.45) is 9.74. The monoisotopic (exact) mass is 366 g/mol. The first-order valence-corrected chi connectivity index (χ1v) is 13.1. The third kappa shape index (κ3) is 2.34. The van der Waals surface area contributed by atoms with E-state index in [4.69, 9.17) is 0 Å². The van der Waals surface area contributed by atoms with Gasteiger partial charge in [0.25, 0.3) is 0 Å². The van der Waals surface area contributed by atoms with E-state index < -0.39 is 8.07 Å². The van der Waals surface area contributed by atoms with Crippen LogP contribution in [0, 0.1) is 0 Å². The van der Waals surface area contributed by atoms with Crippen molar-refractivity contribution in [1.82, 2.24) is 0 Å². The van der Waals surface area contributed by atoms with Gasteiger partial charge in [-0.25, -0.2) is 0 Å². The van der Waals surface area contributed by atoms with Gasteiger partial charge in [-0.2, -0.15) is 0 Å². The van der Waals surface area contributed by atoms with Crippen LogP contribution in [0.4, 0.5) is 0 Å². The number of benzene rings is 2. The Morgan fingerprint density at radius 1 is 0.815 bits per heavy atom. The van der Waals surface area contributed by atoms with E-state index in [1.165, 1.54) is 39.0 Å². The number of rotatable bonds is 2. The Balaban J connectivity index is 1.63. The lowest BCUT2D eigenvalue weighted by Gasteiger charge is -2.35. The number of hydrogen-bond acceptors (Lipinski definition) is 0. The van der Waals surface area contributed by atoms with Crippen molar-refractivity contribution in [2.24, 2.45) is 0 Å². The van der Waals surface area contributed by atoms with Gasteiger partial charge in [0.15, 0.2) is 0 Å². The van der Waals surface area contributed by atoms with E-state index in [0.717, 1.165) is 0 Å². The first-order valence-electron chi connectivity index (χ1n) is 10.00. The van der Waals surface area contributed by atoms with Gasteiger partial charge in [0, 0.05) is 11.5 Å². The average molecular weight is 367 g/mol. The van der Waals surface area contributed by atoms with Crippen LogP contribution in [0.25, 0.3) is 12.2 Å². The highest BCUT2D eigenvalue weighted by Gasteiger charge is 2.43. The van der Waals surface area contributed by atoms with Crippen molar-refractivity contribution in [3.63, 3.8) is 0 Å². The molecule has 0 N–H and O–H groups in total. The number of fused-ring (bicyclic) bond motifs is 3. The van der Waals surface area contributed by atoms with Gasteiger partial charge in [-0.15, -0.1) is 0 Å². The van der Waals surface area contributed by atoms with Crippen molar-refractivity contribution in [3.8, 4) is 0 Å². The lowest BCUT2D eigenvalue weighted by molar-refractivity contribution is 0.900. The van der Waals surface area contributed by atoms with Crippen molar-refractivity contribution in [2.45, 2.75) is 38.4 Å². The first kappa shape index (κ1) is 16.8. The second-order valence-electron chi connectivity index (χ2n) is 8.75. The molecule has 0 heterocycles. The van der Waals surface area contributed by atoms with E-state index >= 15 is 0 Å². The summed E-state index contributed by atoms with van der Waals surface area (Å²) < 4.78 is 0. The van der Waals surface area contributed by atoms with E-state index in [1.807, 2.05) is 0 Å². The molecule has 134 valence electrons. The Hall–Kier alpha value is -2.38. The minimum atomic E-state index is -1.74. The fourth-order valence-corrected chi connectivity index (χ4v) is 9.43. The summed E-state index contributed by atoms with van der Waals surface area (Å²) in [5, 5.41) is 1.66. The molecular weight excluding hydrogens is 340 g/mol. The van der Waals surface area contributed by atoms with Crippen LogP contribution < -0.4 is 0 Å². The molecule has 3 aliphatic rings. The third-order valence-corrected chi connectivity index (χ3v) is 10.8. The molecule has 2 aromatic rings. The molecule has 0 aliphatic heterocycles. The van der Waals surface area contributed by atoms with Crippen LogP contribution in [0.1, 0.15) is 47.6 Å². The van der Waals surface area contributed by atoms with Crippen LogP contribution in [0.2, 0.25) is 13.1 Å². The highest BCUT2D eigenvalue weighted by atomic mass is 28.3. The smallest absolute Gasteiger partial charge is 0.0787 e. The fraction of sp³-hybridized carbons (Fsp3) is 0.231. The molecule has 0 bridgehead atoms. The predicted molar refractivity (Wildman–Crippen MR) is 119 cm³/mol. The lowest BCUT2D eigenvalue weighted by atomic mass is 9.81. The molecule has 0 aromatic heterocycles. The van der Waals surface area contributed by atoms with Gasteiger partial charge >= 0.3 is 0 Å². The van der Waals surface area contributed by atoms with Gasteiger partial charge < -0.3 is 0 Å². The molecule has 3 aliphatic carbocycles. The molecule has 0 saturated heterocycles. The molecule has 2 atom stereocenters. The predicted octanol–water partition coefficient (Wildman–Crippen LogP) is 7.04. The quantitative estimate of drug-likeness (QED) is 0.500. The van der Waals surface area contributed by atoms with Crippen LogP contribution in [0.5, 0.6) is 0 Å². The van der Waals surface area contributed by atoms with Crippen molar-refractivity contribution in [2.75, 3.05) is 0 Å². The summed E-state index contributed by atoms with van der Waals surface area (Å²) in [4.78, 5) is 0. The highest BCUT2D eigenvalue weighted by molar-refractivity contribution is 6.87. The van der Waals surface area contributed by atoms with Crippen molar-refractivity contribution in [1.29, 1.82) is 0 Å². The Kier molecular flexibility index (Phi) is 3.61. The van der Waals surface area contributed by atoms with Crippen LogP contribution >= 0.6 is 0 Å². The molecular formula is C26H26Si. The fourth-order valence-electron chi connectivity index (χ4n) is 5.50. The van der Waals surface area contributed by atoms with Gasteiger partial charge in [-0.3, -0.25) is 0 Å². The van der Waals surface area contributed by atoms with E-state index in [9.17, 15) is 0 Å². The van der Waals surface area contributed by atoms with Crippen molar-refractivity contribution < 1.29 is 0 Å². The molecule has 0 spiro atoms. The largest absolute Gasteiger partial charge is 0.0931 e. The average Bonchev–Trinajstić information content (AvgIpc) is 3.23. The Bertz CT molecular complexity index is 1070. The topological polar surface area (TPSA) is 0 Å². The molecule has 1 heteroatoms. The minimum Gasteiger partial charge on any atom is -0.0787 e. The summed E-state index contributed by atoms with van der Waals surface area (Å²) in [5.41, 5.74) is 10.9. The van der Waals surface area contributed by atoms with Gasteiger partial charge in [0.1, 0.15) is 0 Å². The molecule has 0 saturated carbocycles.